The van der Waals surface area contributed by atoms with Crippen LogP contribution in [0.5, 0.6) is 11.5 Å². The number of rotatable bonds is 10. The van der Waals surface area contributed by atoms with Crippen LogP contribution in [0.15, 0.2) is 149 Å². The first-order chi connectivity index (χ1) is 20.8. The summed E-state index contributed by atoms with van der Waals surface area (Å²) in [7, 11) is -8.35. The summed E-state index contributed by atoms with van der Waals surface area (Å²) < 4.78 is 64.3. The van der Waals surface area contributed by atoms with Gasteiger partial charge in [0.25, 0.3) is 10.0 Å². The molecule has 0 bridgehead atoms. The third kappa shape index (κ3) is 6.07. The van der Waals surface area contributed by atoms with Crippen molar-refractivity contribution >= 4 is 34.3 Å². The fourth-order valence-corrected chi connectivity index (χ4v) is 7.94. The first-order valence-electron chi connectivity index (χ1n) is 13.6. The van der Waals surface area contributed by atoms with E-state index in [1.54, 1.807) is 109 Å². The summed E-state index contributed by atoms with van der Waals surface area (Å²) in [5, 5.41) is 0.500. The summed E-state index contributed by atoms with van der Waals surface area (Å²) >= 11 is 0. The summed E-state index contributed by atoms with van der Waals surface area (Å²) in [6, 6.07) is 40.0. The standard InChI is InChI=1S/C34H28NO6PS/c1-25-21-23-29(24-22-25)43(37,38)35-32-30-19-11-12-20-31(30)39-33(32)34(26-13-5-2-6-14-26)42(36,40-27-15-7-3-8-16-27)41-28-17-9-4-10-18-28/h2-24,34-35H,1H3/t34-/m0/s1. The largest absolute Gasteiger partial charge is 0.457 e. The molecule has 7 nitrogen and oxygen atoms in total. The van der Waals surface area contributed by atoms with Gasteiger partial charge in [-0.2, -0.15) is 0 Å². The molecule has 0 aliphatic carbocycles. The van der Waals surface area contributed by atoms with E-state index < -0.39 is 23.3 Å². The number of anilines is 1. The van der Waals surface area contributed by atoms with E-state index in [2.05, 4.69) is 4.72 Å². The van der Waals surface area contributed by atoms with Crippen LogP contribution >= 0.6 is 7.60 Å². The van der Waals surface area contributed by atoms with E-state index in [0.717, 1.165) is 5.56 Å². The molecule has 6 aromatic rings. The van der Waals surface area contributed by atoms with Crippen molar-refractivity contribution < 1.29 is 26.4 Å². The molecule has 1 atom stereocenters. The van der Waals surface area contributed by atoms with Crippen molar-refractivity contribution in [3.05, 3.63) is 156 Å². The Balaban J connectivity index is 1.58. The minimum Gasteiger partial charge on any atom is -0.457 e. The van der Waals surface area contributed by atoms with E-state index in [9.17, 15) is 8.42 Å². The number of furan rings is 1. The van der Waals surface area contributed by atoms with E-state index >= 15 is 4.57 Å². The summed E-state index contributed by atoms with van der Waals surface area (Å²) in [5.74, 6) is 0.736. The number of aryl methyl sites for hydroxylation is 1. The van der Waals surface area contributed by atoms with Gasteiger partial charge in [0.15, 0.2) is 11.4 Å². The Bertz CT molecular complexity index is 1950. The minimum atomic E-state index is -4.27. The Morgan fingerprint density at radius 2 is 1.19 bits per heavy atom. The molecule has 0 saturated carbocycles. The van der Waals surface area contributed by atoms with Crippen molar-refractivity contribution in [2.75, 3.05) is 4.72 Å². The van der Waals surface area contributed by atoms with Gasteiger partial charge in [0, 0.05) is 5.39 Å². The molecule has 0 fully saturated rings. The van der Waals surface area contributed by atoms with Gasteiger partial charge in [-0.05, 0) is 61.0 Å². The van der Waals surface area contributed by atoms with Crippen LogP contribution in [-0.4, -0.2) is 8.42 Å². The summed E-state index contributed by atoms with van der Waals surface area (Å²) in [6.45, 7) is 1.88. The van der Waals surface area contributed by atoms with Crippen LogP contribution in [0.25, 0.3) is 11.0 Å². The van der Waals surface area contributed by atoms with Gasteiger partial charge in [0.2, 0.25) is 0 Å². The smallest absolute Gasteiger partial charge is 0.445 e. The van der Waals surface area contributed by atoms with Crippen LogP contribution in [0, 0.1) is 6.92 Å². The molecule has 1 N–H and O–H groups in total. The average molecular weight is 610 g/mol. The molecule has 9 heteroatoms. The zero-order valence-corrected chi connectivity index (χ0v) is 24.9. The first kappa shape index (κ1) is 28.3. The minimum absolute atomic E-state index is 0.0786. The Morgan fingerprint density at radius 3 is 1.77 bits per heavy atom. The lowest BCUT2D eigenvalue weighted by Gasteiger charge is -2.27. The lowest BCUT2D eigenvalue weighted by atomic mass is 10.1. The zero-order chi connectivity index (χ0) is 29.9. The second-order valence-electron chi connectivity index (χ2n) is 9.92. The Kier molecular flexibility index (Phi) is 7.80. The molecule has 1 heterocycles. The molecule has 6 rings (SSSR count). The highest BCUT2D eigenvalue weighted by molar-refractivity contribution is 7.92. The van der Waals surface area contributed by atoms with Crippen molar-refractivity contribution in [2.24, 2.45) is 0 Å². The van der Waals surface area contributed by atoms with Gasteiger partial charge >= 0.3 is 7.60 Å². The maximum absolute atomic E-state index is 15.3. The molecule has 0 aliphatic heterocycles. The molecule has 216 valence electrons. The maximum atomic E-state index is 15.3. The fourth-order valence-electron chi connectivity index (χ4n) is 4.77. The molecular formula is C34H28NO6PS. The van der Waals surface area contributed by atoms with Crippen LogP contribution in [0.3, 0.4) is 0 Å². The highest BCUT2D eigenvalue weighted by Crippen LogP contribution is 2.64. The number of benzene rings is 5. The monoisotopic (exact) mass is 609 g/mol. The lowest BCUT2D eigenvalue weighted by Crippen LogP contribution is -2.17. The van der Waals surface area contributed by atoms with Gasteiger partial charge in [-0.15, -0.1) is 0 Å². The normalized spacial score (nSPS) is 12.5. The number of fused-ring (bicyclic) bond motifs is 1. The topological polar surface area (TPSA) is 94.8 Å². The lowest BCUT2D eigenvalue weighted by molar-refractivity contribution is 0.371. The van der Waals surface area contributed by atoms with E-state index in [1.807, 2.05) is 25.1 Å². The van der Waals surface area contributed by atoms with Gasteiger partial charge in [-0.25, -0.2) is 13.0 Å². The fraction of sp³-hybridized carbons (Fsp3) is 0.0588. The predicted octanol–water partition coefficient (Wildman–Crippen LogP) is 8.98. The van der Waals surface area contributed by atoms with Crippen molar-refractivity contribution in [1.82, 2.24) is 0 Å². The predicted molar refractivity (Wildman–Crippen MR) is 168 cm³/mol. The molecule has 5 aromatic carbocycles. The number of hydrogen-bond acceptors (Lipinski definition) is 6. The Morgan fingerprint density at radius 1 is 0.674 bits per heavy atom. The van der Waals surface area contributed by atoms with Gasteiger partial charge in [0.05, 0.1) is 10.6 Å². The van der Waals surface area contributed by atoms with E-state index in [0.29, 0.717) is 28.0 Å². The van der Waals surface area contributed by atoms with Gasteiger partial charge in [0.1, 0.15) is 17.1 Å². The SMILES string of the molecule is Cc1ccc(S(=O)(=O)Nc2c([C@H](c3ccccc3)P(=O)(Oc3ccccc3)Oc3ccccc3)oc3ccccc23)cc1. The number of hydrogen-bond donors (Lipinski definition) is 1. The number of sulfonamides is 1. The van der Waals surface area contributed by atoms with Crippen LogP contribution in [0.4, 0.5) is 5.69 Å². The van der Waals surface area contributed by atoms with Gasteiger partial charge in [-0.3, -0.25) is 4.72 Å². The summed E-state index contributed by atoms with van der Waals surface area (Å²) in [4.78, 5) is 0.0786. The summed E-state index contributed by atoms with van der Waals surface area (Å²) in [6.07, 6.45) is 0. The second-order valence-corrected chi connectivity index (χ2v) is 13.6. The van der Waals surface area contributed by atoms with Crippen molar-refractivity contribution in [3.63, 3.8) is 0 Å². The van der Waals surface area contributed by atoms with Gasteiger partial charge in [-0.1, -0.05) is 96.6 Å². The average Bonchev–Trinajstić information content (AvgIpc) is 3.35. The van der Waals surface area contributed by atoms with Crippen LogP contribution in [0.1, 0.15) is 22.5 Å². The van der Waals surface area contributed by atoms with Crippen molar-refractivity contribution in [1.29, 1.82) is 0 Å². The molecule has 43 heavy (non-hydrogen) atoms. The third-order valence-electron chi connectivity index (χ3n) is 6.82. The van der Waals surface area contributed by atoms with E-state index in [4.69, 9.17) is 13.5 Å². The third-order valence-corrected chi connectivity index (χ3v) is 10.3. The summed E-state index contributed by atoms with van der Waals surface area (Å²) in [5.41, 5.74) is 0.865. The van der Waals surface area contributed by atoms with Crippen molar-refractivity contribution in [3.8, 4) is 11.5 Å². The Labute approximate surface area is 250 Å². The van der Waals surface area contributed by atoms with Crippen molar-refractivity contribution in [2.45, 2.75) is 17.5 Å². The molecule has 0 radical (unpaired) electrons. The van der Waals surface area contributed by atoms with Crippen LogP contribution < -0.4 is 13.8 Å². The molecule has 0 unspecified atom stereocenters. The molecular weight excluding hydrogens is 581 g/mol. The van der Waals surface area contributed by atoms with Crippen LogP contribution in [0.2, 0.25) is 0 Å². The molecule has 0 spiro atoms. The molecule has 0 aliphatic rings. The Hall–Kier alpha value is -4.78. The maximum Gasteiger partial charge on any atom is 0.445 e. The highest BCUT2D eigenvalue weighted by atomic mass is 32.2. The highest BCUT2D eigenvalue weighted by Gasteiger charge is 2.46. The van der Waals surface area contributed by atoms with Gasteiger partial charge < -0.3 is 13.5 Å². The number of nitrogens with one attached hydrogen (secondary N) is 1. The molecule has 0 amide bonds. The first-order valence-corrected chi connectivity index (χ1v) is 16.7. The van der Waals surface area contributed by atoms with Crippen LogP contribution in [-0.2, 0) is 14.6 Å². The quantitative estimate of drug-likeness (QED) is 0.156. The van der Waals surface area contributed by atoms with E-state index in [1.165, 1.54) is 12.1 Å². The van der Waals surface area contributed by atoms with E-state index in [-0.39, 0.29) is 16.3 Å². The number of para-hydroxylation sites is 3. The molecule has 0 saturated heterocycles. The second kappa shape index (κ2) is 11.8. The molecule has 1 aromatic heterocycles. The zero-order valence-electron chi connectivity index (χ0n) is 23.2.